The van der Waals surface area contributed by atoms with Gasteiger partial charge in [0.1, 0.15) is 0 Å². The molecule has 3 aromatic rings. The first-order chi connectivity index (χ1) is 13.4. The fourth-order valence-electron chi connectivity index (χ4n) is 2.59. The number of carbonyl (C=O) groups is 2. The van der Waals surface area contributed by atoms with Crippen LogP contribution in [0.3, 0.4) is 0 Å². The zero-order chi connectivity index (χ0) is 20.1. The molecule has 0 bridgehead atoms. The minimum Gasteiger partial charge on any atom is -0.322 e. The van der Waals surface area contributed by atoms with E-state index in [1.54, 1.807) is 42.5 Å². The fraction of sp³-hybridized carbons (Fsp3) is 0.0952. The Balaban J connectivity index is 1.66. The predicted octanol–water partition coefficient (Wildman–Crippen LogP) is 4.58. The number of hydrogen-bond donors (Lipinski definition) is 3. The van der Waals surface area contributed by atoms with Crippen LogP contribution in [-0.4, -0.2) is 22.0 Å². The van der Waals surface area contributed by atoms with Crippen LogP contribution in [-0.2, 0) is 4.79 Å². The Morgan fingerprint density at radius 3 is 2.50 bits per heavy atom. The Labute approximate surface area is 167 Å². The molecule has 0 aliphatic heterocycles. The molecule has 0 fully saturated rings. The minimum absolute atomic E-state index is 0.277. The summed E-state index contributed by atoms with van der Waals surface area (Å²) in [4.78, 5) is 24.6. The van der Waals surface area contributed by atoms with E-state index in [0.717, 1.165) is 11.3 Å². The number of carbonyl (C=O) groups excluding carboxylic acids is 2. The second kappa shape index (κ2) is 8.54. The van der Waals surface area contributed by atoms with Gasteiger partial charge in [0.2, 0.25) is 5.91 Å². The van der Waals surface area contributed by atoms with Crippen molar-refractivity contribution in [3.05, 3.63) is 82.1 Å². The lowest BCUT2D eigenvalue weighted by Gasteiger charge is -2.07. The second-order valence-electron chi connectivity index (χ2n) is 6.22. The molecule has 28 heavy (non-hydrogen) atoms. The van der Waals surface area contributed by atoms with E-state index in [4.69, 9.17) is 11.6 Å². The molecule has 3 N–H and O–H groups in total. The molecule has 0 unspecified atom stereocenters. The number of H-pyrrole nitrogens is 1. The Morgan fingerprint density at radius 1 is 1.07 bits per heavy atom. The number of benzene rings is 2. The summed E-state index contributed by atoms with van der Waals surface area (Å²) in [6.45, 7) is 3.64. The monoisotopic (exact) mass is 394 g/mol. The smallest absolute Gasteiger partial charge is 0.255 e. The molecule has 2 aromatic carbocycles. The minimum atomic E-state index is -0.297. The molecular weight excluding hydrogens is 376 g/mol. The maximum absolute atomic E-state index is 12.5. The zero-order valence-electron chi connectivity index (χ0n) is 15.4. The molecule has 0 saturated heterocycles. The van der Waals surface area contributed by atoms with Gasteiger partial charge in [0.25, 0.3) is 5.91 Å². The average molecular weight is 395 g/mol. The van der Waals surface area contributed by atoms with Gasteiger partial charge in [0, 0.05) is 22.3 Å². The van der Waals surface area contributed by atoms with Gasteiger partial charge in [-0.15, -0.1) is 0 Å². The van der Waals surface area contributed by atoms with Gasteiger partial charge in [0.05, 0.1) is 17.1 Å². The number of aryl methyl sites for hydroxylation is 2. The summed E-state index contributed by atoms with van der Waals surface area (Å²) in [6, 6.07) is 13.9. The third-order valence-electron chi connectivity index (χ3n) is 4.06. The first-order valence-electron chi connectivity index (χ1n) is 8.60. The van der Waals surface area contributed by atoms with Crippen molar-refractivity contribution in [3.63, 3.8) is 0 Å². The molecule has 0 radical (unpaired) electrons. The van der Waals surface area contributed by atoms with Crippen molar-refractivity contribution in [2.24, 2.45) is 0 Å². The fourth-order valence-corrected chi connectivity index (χ4v) is 2.71. The van der Waals surface area contributed by atoms with Gasteiger partial charge in [-0.25, -0.2) is 0 Å². The van der Waals surface area contributed by atoms with Crippen LogP contribution in [0.2, 0.25) is 5.02 Å². The summed E-state index contributed by atoms with van der Waals surface area (Å²) >= 11 is 5.84. The topological polar surface area (TPSA) is 86.9 Å². The lowest BCUT2D eigenvalue weighted by Crippen LogP contribution is -2.14. The summed E-state index contributed by atoms with van der Waals surface area (Å²) in [6.07, 6.45) is 3.11. The molecule has 1 heterocycles. The third-order valence-corrected chi connectivity index (χ3v) is 4.31. The first kappa shape index (κ1) is 19.4. The summed E-state index contributed by atoms with van der Waals surface area (Å²) in [5, 5.41) is 13.1. The molecule has 0 aliphatic rings. The lowest BCUT2D eigenvalue weighted by atomic mass is 10.1. The Hall–Kier alpha value is -3.38. The number of aromatic nitrogens is 2. The maximum Gasteiger partial charge on any atom is 0.255 e. The van der Waals surface area contributed by atoms with E-state index in [9.17, 15) is 9.59 Å². The summed E-state index contributed by atoms with van der Waals surface area (Å²) < 4.78 is 0. The van der Waals surface area contributed by atoms with Gasteiger partial charge in [-0.3, -0.25) is 14.7 Å². The van der Waals surface area contributed by atoms with Crippen LogP contribution in [0, 0.1) is 13.8 Å². The van der Waals surface area contributed by atoms with Gasteiger partial charge in [-0.05, 0) is 55.8 Å². The SMILES string of the molecule is Cc1n[nH]c(C)c1NC(=O)c1cccc(NC(=O)/C=C/c2ccc(Cl)cc2)c1. The highest BCUT2D eigenvalue weighted by molar-refractivity contribution is 6.30. The lowest BCUT2D eigenvalue weighted by molar-refractivity contribution is -0.111. The summed E-state index contributed by atoms with van der Waals surface area (Å²) in [5.41, 5.74) is 3.97. The number of anilines is 2. The van der Waals surface area contributed by atoms with Crippen molar-refractivity contribution in [1.29, 1.82) is 0 Å². The molecule has 0 aliphatic carbocycles. The van der Waals surface area contributed by atoms with E-state index in [0.29, 0.717) is 27.7 Å². The molecule has 2 amide bonds. The number of amides is 2. The van der Waals surface area contributed by atoms with Gasteiger partial charge in [0.15, 0.2) is 0 Å². The van der Waals surface area contributed by atoms with Crippen molar-refractivity contribution in [2.45, 2.75) is 13.8 Å². The molecule has 142 valence electrons. The number of nitrogens with zero attached hydrogens (tertiary/aromatic N) is 1. The number of nitrogens with one attached hydrogen (secondary N) is 3. The summed E-state index contributed by atoms with van der Waals surface area (Å²) in [7, 11) is 0. The molecule has 7 heteroatoms. The molecule has 3 rings (SSSR count). The van der Waals surface area contributed by atoms with Crippen molar-refractivity contribution >= 4 is 40.9 Å². The molecule has 0 spiro atoms. The normalized spacial score (nSPS) is 10.8. The van der Waals surface area contributed by atoms with Crippen molar-refractivity contribution in [2.75, 3.05) is 10.6 Å². The molecular formula is C21H19ClN4O2. The van der Waals surface area contributed by atoms with Gasteiger partial charge < -0.3 is 10.6 Å². The Kier molecular flexibility index (Phi) is 5.91. The van der Waals surface area contributed by atoms with Crippen LogP contribution in [0.4, 0.5) is 11.4 Å². The highest BCUT2D eigenvalue weighted by Crippen LogP contribution is 2.18. The highest BCUT2D eigenvalue weighted by Gasteiger charge is 2.12. The standard InChI is InChI=1S/C21H19ClN4O2/c1-13-20(14(2)26-25-13)24-21(28)16-4-3-5-18(12-16)23-19(27)11-8-15-6-9-17(22)10-7-15/h3-12H,1-2H3,(H,23,27)(H,24,28)(H,25,26)/b11-8+. The quantitative estimate of drug-likeness (QED) is 0.553. The van der Waals surface area contributed by atoms with Crippen LogP contribution in [0.5, 0.6) is 0 Å². The molecule has 6 nitrogen and oxygen atoms in total. The van der Waals surface area contributed by atoms with Crippen LogP contribution in [0.1, 0.15) is 27.3 Å². The van der Waals surface area contributed by atoms with Crippen molar-refractivity contribution in [3.8, 4) is 0 Å². The second-order valence-corrected chi connectivity index (χ2v) is 6.65. The van der Waals surface area contributed by atoms with E-state index in [1.807, 2.05) is 26.0 Å². The maximum atomic E-state index is 12.5. The van der Waals surface area contributed by atoms with Crippen molar-refractivity contribution < 1.29 is 9.59 Å². The van der Waals surface area contributed by atoms with E-state index in [1.165, 1.54) is 6.08 Å². The number of halogens is 1. The number of hydrogen-bond acceptors (Lipinski definition) is 3. The van der Waals surface area contributed by atoms with Crippen LogP contribution in [0.15, 0.2) is 54.6 Å². The van der Waals surface area contributed by atoms with Gasteiger partial charge in [-0.2, -0.15) is 5.10 Å². The molecule has 1 aromatic heterocycles. The van der Waals surface area contributed by atoms with E-state index in [2.05, 4.69) is 20.8 Å². The average Bonchev–Trinajstić information content (AvgIpc) is 3.00. The van der Waals surface area contributed by atoms with Crippen LogP contribution >= 0.6 is 11.6 Å². The van der Waals surface area contributed by atoms with Gasteiger partial charge >= 0.3 is 0 Å². The van der Waals surface area contributed by atoms with Gasteiger partial charge in [-0.1, -0.05) is 29.8 Å². The summed E-state index contributed by atoms with van der Waals surface area (Å²) in [5.74, 6) is -0.575. The zero-order valence-corrected chi connectivity index (χ0v) is 16.2. The third kappa shape index (κ3) is 4.86. The van der Waals surface area contributed by atoms with E-state index in [-0.39, 0.29) is 11.8 Å². The highest BCUT2D eigenvalue weighted by atomic mass is 35.5. The van der Waals surface area contributed by atoms with Crippen LogP contribution in [0.25, 0.3) is 6.08 Å². The van der Waals surface area contributed by atoms with E-state index < -0.39 is 0 Å². The van der Waals surface area contributed by atoms with Crippen LogP contribution < -0.4 is 10.6 Å². The van der Waals surface area contributed by atoms with Crippen molar-refractivity contribution in [1.82, 2.24) is 10.2 Å². The number of aromatic amines is 1. The predicted molar refractivity (Wildman–Crippen MR) is 112 cm³/mol. The van der Waals surface area contributed by atoms with E-state index >= 15 is 0 Å². The molecule has 0 atom stereocenters. The molecule has 0 saturated carbocycles. The first-order valence-corrected chi connectivity index (χ1v) is 8.98. The number of rotatable bonds is 5. The largest absolute Gasteiger partial charge is 0.322 e. The Morgan fingerprint density at radius 2 is 1.82 bits per heavy atom. The Bertz CT molecular complexity index is 1020.